The lowest BCUT2D eigenvalue weighted by Crippen LogP contribution is -2.36. The first-order chi connectivity index (χ1) is 4.66. The molecule has 1 aliphatic heterocycles. The third-order valence-electron chi connectivity index (χ3n) is 1.79. The molecule has 58 valence electrons. The number of rotatable bonds is 1. The molecule has 0 aromatic rings. The molecular formula is C6H12N2O2. The van der Waals surface area contributed by atoms with Crippen molar-refractivity contribution >= 4 is 5.84 Å². The van der Waals surface area contributed by atoms with E-state index in [0.29, 0.717) is 0 Å². The number of hydrogen-bond acceptors (Lipinski definition) is 4. The number of nitrogens with zero attached hydrogens (tertiary/aromatic N) is 2. The molecule has 1 rings (SSSR count). The minimum absolute atomic E-state index is 0.0944. The number of aliphatic hydroxyl groups is 2. The summed E-state index contributed by atoms with van der Waals surface area (Å²) in [5.41, 5.74) is 0. The lowest BCUT2D eigenvalue weighted by atomic mass is 10.3. The summed E-state index contributed by atoms with van der Waals surface area (Å²) >= 11 is 0. The number of aliphatic hydroxyl groups excluding tert-OH is 2. The largest absolute Gasteiger partial charge is 0.394 e. The molecule has 4 heteroatoms. The van der Waals surface area contributed by atoms with Crippen molar-refractivity contribution in [3.8, 4) is 0 Å². The van der Waals surface area contributed by atoms with Crippen LogP contribution in [-0.2, 0) is 0 Å². The molecule has 0 spiro atoms. The van der Waals surface area contributed by atoms with E-state index in [0.717, 1.165) is 5.84 Å². The van der Waals surface area contributed by atoms with Crippen LogP contribution in [0.25, 0.3) is 0 Å². The van der Waals surface area contributed by atoms with E-state index >= 15 is 0 Å². The minimum atomic E-state index is -0.648. The highest BCUT2D eigenvalue weighted by molar-refractivity contribution is 5.81. The summed E-state index contributed by atoms with van der Waals surface area (Å²) < 4.78 is 0. The molecular weight excluding hydrogens is 132 g/mol. The van der Waals surface area contributed by atoms with Crippen molar-refractivity contribution in [3.63, 3.8) is 0 Å². The zero-order valence-corrected chi connectivity index (χ0v) is 6.15. The van der Waals surface area contributed by atoms with Crippen molar-refractivity contribution in [1.29, 1.82) is 0 Å². The fourth-order valence-electron chi connectivity index (χ4n) is 0.982. The molecule has 0 amide bonds. The van der Waals surface area contributed by atoms with Crippen LogP contribution in [0.3, 0.4) is 0 Å². The van der Waals surface area contributed by atoms with E-state index in [4.69, 9.17) is 5.11 Å². The molecule has 1 aliphatic rings. The lowest BCUT2D eigenvalue weighted by molar-refractivity contribution is 0.0432. The second-order valence-corrected chi connectivity index (χ2v) is 2.45. The Labute approximate surface area is 59.8 Å². The Morgan fingerprint density at radius 2 is 2.30 bits per heavy atom. The van der Waals surface area contributed by atoms with Crippen molar-refractivity contribution in [2.24, 2.45) is 4.99 Å². The maximum atomic E-state index is 9.28. The second-order valence-electron chi connectivity index (χ2n) is 2.45. The summed E-state index contributed by atoms with van der Waals surface area (Å²) in [6.07, 6.45) is -0.648. The van der Waals surface area contributed by atoms with E-state index < -0.39 is 6.23 Å². The van der Waals surface area contributed by atoms with Crippen LogP contribution in [0.2, 0.25) is 0 Å². The molecule has 1 heterocycles. The predicted octanol–water partition coefficient (Wildman–Crippen LogP) is -0.971. The van der Waals surface area contributed by atoms with Crippen LogP contribution in [0.4, 0.5) is 0 Å². The molecule has 0 bridgehead atoms. The van der Waals surface area contributed by atoms with Gasteiger partial charge in [-0.2, -0.15) is 0 Å². The average molecular weight is 144 g/mol. The lowest BCUT2D eigenvalue weighted by Gasteiger charge is -2.18. The first-order valence-electron chi connectivity index (χ1n) is 3.23. The van der Waals surface area contributed by atoms with E-state index in [-0.39, 0.29) is 12.6 Å². The molecule has 4 nitrogen and oxygen atoms in total. The van der Waals surface area contributed by atoms with Crippen LogP contribution in [0.15, 0.2) is 4.99 Å². The van der Waals surface area contributed by atoms with Crippen molar-refractivity contribution in [3.05, 3.63) is 0 Å². The molecule has 0 aromatic heterocycles. The Morgan fingerprint density at radius 3 is 2.50 bits per heavy atom. The quantitative estimate of drug-likeness (QED) is 0.498. The van der Waals surface area contributed by atoms with Crippen LogP contribution in [0.5, 0.6) is 0 Å². The SMILES string of the molecule is CC1=NC(CO)C(O)N1C. The summed E-state index contributed by atoms with van der Waals surface area (Å²) in [5.74, 6) is 0.770. The van der Waals surface area contributed by atoms with E-state index in [1.165, 1.54) is 0 Å². The summed E-state index contributed by atoms with van der Waals surface area (Å²) in [6, 6.07) is -0.356. The van der Waals surface area contributed by atoms with Gasteiger partial charge in [0.2, 0.25) is 0 Å². The second kappa shape index (κ2) is 2.56. The molecule has 0 aliphatic carbocycles. The molecule has 2 atom stereocenters. The first kappa shape index (κ1) is 7.50. The van der Waals surface area contributed by atoms with Crippen molar-refractivity contribution in [1.82, 2.24) is 4.90 Å². The van der Waals surface area contributed by atoms with E-state index in [1.807, 2.05) is 0 Å². The average Bonchev–Trinajstić information content (AvgIpc) is 2.17. The van der Waals surface area contributed by atoms with Crippen LogP contribution < -0.4 is 0 Å². The highest BCUT2D eigenvalue weighted by atomic mass is 16.3. The van der Waals surface area contributed by atoms with Crippen molar-refractivity contribution < 1.29 is 10.2 Å². The number of likely N-dealkylation sites (N-methyl/N-ethyl adjacent to an activating group) is 1. The van der Waals surface area contributed by atoms with E-state index in [2.05, 4.69) is 4.99 Å². The van der Waals surface area contributed by atoms with Gasteiger partial charge in [0.1, 0.15) is 6.04 Å². The molecule has 0 aromatic carbocycles. The zero-order valence-electron chi connectivity index (χ0n) is 6.15. The maximum Gasteiger partial charge on any atom is 0.152 e. The molecule has 0 radical (unpaired) electrons. The van der Waals surface area contributed by atoms with Gasteiger partial charge in [-0.05, 0) is 6.92 Å². The van der Waals surface area contributed by atoms with Gasteiger partial charge in [-0.25, -0.2) is 0 Å². The third-order valence-corrected chi connectivity index (χ3v) is 1.79. The van der Waals surface area contributed by atoms with E-state index in [9.17, 15) is 5.11 Å². The molecule has 0 saturated heterocycles. The highest BCUT2D eigenvalue weighted by Gasteiger charge is 2.28. The Hall–Kier alpha value is -0.610. The fraction of sp³-hybridized carbons (Fsp3) is 0.833. The first-order valence-corrected chi connectivity index (χ1v) is 3.23. The summed E-state index contributed by atoms with van der Waals surface area (Å²) in [5, 5.41) is 18.0. The van der Waals surface area contributed by atoms with Crippen molar-refractivity contribution in [2.75, 3.05) is 13.7 Å². The molecule has 0 fully saturated rings. The van der Waals surface area contributed by atoms with Gasteiger partial charge >= 0.3 is 0 Å². The monoisotopic (exact) mass is 144 g/mol. The van der Waals surface area contributed by atoms with Gasteiger partial charge in [-0.3, -0.25) is 4.99 Å². The standard InChI is InChI=1S/C6H12N2O2/c1-4-7-5(3-9)6(10)8(4)2/h5-6,9-10H,3H2,1-2H3. The normalized spacial score (nSPS) is 32.8. The summed E-state index contributed by atoms with van der Waals surface area (Å²) in [4.78, 5) is 5.65. The van der Waals surface area contributed by atoms with Crippen LogP contribution in [0, 0.1) is 0 Å². The van der Waals surface area contributed by atoms with Crippen LogP contribution >= 0.6 is 0 Å². The predicted molar refractivity (Wildman–Crippen MR) is 37.8 cm³/mol. The smallest absolute Gasteiger partial charge is 0.152 e. The number of amidine groups is 1. The van der Waals surface area contributed by atoms with Gasteiger partial charge in [0.15, 0.2) is 6.23 Å². The van der Waals surface area contributed by atoms with Gasteiger partial charge in [0.25, 0.3) is 0 Å². The van der Waals surface area contributed by atoms with Gasteiger partial charge in [-0.15, -0.1) is 0 Å². The maximum absolute atomic E-state index is 9.28. The van der Waals surface area contributed by atoms with Gasteiger partial charge in [-0.1, -0.05) is 0 Å². The highest BCUT2D eigenvalue weighted by Crippen LogP contribution is 2.12. The fourth-order valence-corrected chi connectivity index (χ4v) is 0.982. The van der Waals surface area contributed by atoms with E-state index in [1.54, 1.807) is 18.9 Å². The topological polar surface area (TPSA) is 56.1 Å². The molecule has 2 unspecified atom stereocenters. The van der Waals surface area contributed by atoms with Crippen LogP contribution in [-0.4, -0.2) is 46.9 Å². The molecule has 0 saturated carbocycles. The van der Waals surface area contributed by atoms with Crippen molar-refractivity contribution in [2.45, 2.75) is 19.2 Å². The van der Waals surface area contributed by atoms with Crippen LogP contribution in [0.1, 0.15) is 6.92 Å². The zero-order chi connectivity index (χ0) is 7.72. The summed E-state index contributed by atoms with van der Waals surface area (Å²) in [7, 11) is 1.75. The molecule has 10 heavy (non-hydrogen) atoms. The number of hydrogen-bond donors (Lipinski definition) is 2. The molecule has 2 N–H and O–H groups in total. The summed E-state index contributed by atoms with van der Waals surface area (Å²) in [6.45, 7) is 1.71. The Bertz CT molecular complexity index is 158. The number of aliphatic imine (C=N–C) groups is 1. The Morgan fingerprint density at radius 1 is 1.70 bits per heavy atom. The van der Waals surface area contributed by atoms with Gasteiger partial charge < -0.3 is 15.1 Å². The van der Waals surface area contributed by atoms with Gasteiger partial charge in [0, 0.05) is 7.05 Å². The third kappa shape index (κ3) is 0.998. The van der Waals surface area contributed by atoms with Gasteiger partial charge in [0.05, 0.1) is 12.4 Å². The Balaban J connectivity index is 2.66. The Kier molecular flexibility index (Phi) is 1.92. The minimum Gasteiger partial charge on any atom is -0.394 e.